The van der Waals surface area contributed by atoms with E-state index in [2.05, 4.69) is 13.8 Å². The molecule has 0 radical (unpaired) electrons. The van der Waals surface area contributed by atoms with Crippen molar-refractivity contribution in [1.29, 1.82) is 0 Å². The van der Waals surface area contributed by atoms with Gasteiger partial charge < -0.3 is 5.11 Å². The van der Waals surface area contributed by atoms with E-state index in [0.29, 0.717) is 30.6 Å². The highest BCUT2D eigenvalue weighted by Gasteiger charge is 2.63. The van der Waals surface area contributed by atoms with E-state index in [1.807, 2.05) is 6.08 Å². The van der Waals surface area contributed by atoms with Gasteiger partial charge in [-0.1, -0.05) is 19.4 Å². The van der Waals surface area contributed by atoms with E-state index in [-0.39, 0.29) is 28.3 Å². The van der Waals surface area contributed by atoms with Gasteiger partial charge in [0.25, 0.3) is 0 Å². The summed E-state index contributed by atoms with van der Waals surface area (Å²) in [6, 6.07) is 0. The molecule has 3 saturated carbocycles. The van der Waals surface area contributed by atoms with Gasteiger partial charge in [0.15, 0.2) is 5.78 Å². The predicted octanol–water partition coefficient (Wildman–Crippen LogP) is 4.03. The molecule has 0 spiro atoms. The van der Waals surface area contributed by atoms with Crippen LogP contribution in [-0.4, -0.2) is 22.6 Å². The molecule has 0 aromatic heterocycles. The number of hydrogen-bond donors (Lipinski definition) is 1. The number of carboxylic acids is 1. The molecule has 0 aromatic rings. The smallest absolute Gasteiger partial charge is 0.307 e. The molecule has 0 aliphatic heterocycles. The van der Waals surface area contributed by atoms with Gasteiger partial charge in [-0.25, -0.2) is 0 Å². The number of allylic oxidation sites excluding steroid dienone is 1. The van der Waals surface area contributed by atoms with Crippen LogP contribution >= 0.6 is 0 Å². The average molecular weight is 358 g/mol. The van der Waals surface area contributed by atoms with Gasteiger partial charge >= 0.3 is 5.97 Å². The van der Waals surface area contributed by atoms with E-state index in [4.69, 9.17) is 0 Å². The third-order valence-corrected chi connectivity index (χ3v) is 8.78. The first kappa shape index (κ1) is 17.9. The van der Waals surface area contributed by atoms with E-state index in [1.165, 1.54) is 5.57 Å². The van der Waals surface area contributed by atoms with Crippen LogP contribution in [0.15, 0.2) is 11.6 Å². The molecule has 4 heteroatoms. The van der Waals surface area contributed by atoms with Crippen molar-refractivity contribution in [2.24, 2.45) is 40.4 Å². The summed E-state index contributed by atoms with van der Waals surface area (Å²) in [5.41, 5.74) is 1.23. The molecular formula is C22H30O4. The lowest BCUT2D eigenvalue weighted by Gasteiger charge is -2.58. The molecule has 1 unspecified atom stereocenters. The van der Waals surface area contributed by atoms with Crippen LogP contribution in [0.3, 0.4) is 0 Å². The maximum absolute atomic E-state index is 12.4. The summed E-state index contributed by atoms with van der Waals surface area (Å²) < 4.78 is 0. The average Bonchev–Trinajstić information content (AvgIpc) is 2.89. The highest BCUT2D eigenvalue weighted by molar-refractivity contribution is 5.91. The zero-order valence-corrected chi connectivity index (χ0v) is 16.1. The van der Waals surface area contributed by atoms with Crippen LogP contribution in [0.4, 0.5) is 0 Å². The highest BCUT2D eigenvalue weighted by Crippen LogP contribution is 2.67. The molecule has 4 aliphatic carbocycles. The van der Waals surface area contributed by atoms with Crippen molar-refractivity contribution in [3.8, 4) is 0 Å². The first-order chi connectivity index (χ1) is 12.2. The molecule has 142 valence electrons. The zero-order chi connectivity index (χ0) is 18.9. The van der Waals surface area contributed by atoms with Gasteiger partial charge in [-0.15, -0.1) is 0 Å². The van der Waals surface area contributed by atoms with Gasteiger partial charge in [0.2, 0.25) is 0 Å². The molecular weight excluding hydrogens is 328 g/mol. The van der Waals surface area contributed by atoms with Crippen LogP contribution in [0.1, 0.15) is 65.7 Å². The second-order valence-electron chi connectivity index (χ2n) is 9.78. The second kappa shape index (κ2) is 5.77. The first-order valence-corrected chi connectivity index (χ1v) is 10.2. The van der Waals surface area contributed by atoms with Crippen molar-refractivity contribution < 1.29 is 19.5 Å². The quantitative estimate of drug-likeness (QED) is 0.809. The van der Waals surface area contributed by atoms with Crippen LogP contribution in [-0.2, 0) is 14.4 Å². The maximum atomic E-state index is 12.4. The third kappa shape index (κ3) is 2.30. The van der Waals surface area contributed by atoms with Gasteiger partial charge in [0, 0.05) is 12.3 Å². The van der Waals surface area contributed by atoms with Crippen molar-refractivity contribution in [3.63, 3.8) is 0 Å². The molecule has 0 heterocycles. The number of carboxylic acid groups (broad SMARTS) is 1. The molecule has 7 atom stereocenters. The summed E-state index contributed by atoms with van der Waals surface area (Å²) in [5, 5.41) is 9.76. The van der Waals surface area contributed by atoms with Crippen molar-refractivity contribution in [2.45, 2.75) is 65.7 Å². The summed E-state index contributed by atoms with van der Waals surface area (Å²) in [6.45, 7) is 6.09. The number of hydrogen-bond acceptors (Lipinski definition) is 3. The Morgan fingerprint density at radius 2 is 1.85 bits per heavy atom. The van der Waals surface area contributed by atoms with Crippen LogP contribution in [0.2, 0.25) is 0 Å². The topological polar surface area (TPSA) is 71.4 Å². The Bertz CT molecular complexity index is 707. The number of Topliss-reactive ketones (excluding diaryl/α,β-unsaturated/α-hetero) is 1. The summed E-state index contributed by atoms with van der Waals surface area (Å²) in [5.74, 6) is -0.0473. The van der Waals surface area contributed by atoms with Crippen LogP contribution in [0.25, 0.3) is 0 Å². The lowest BCUT2D eigenvalue weighted by molar-refractivity contribution is -0.147. The third-order valence-electron chi connectivity index (χ3n) is 8.78. The number of carbonyl (C=O) groups is 3. The largest absolute Gasteiger partial charge is 0.481 e. The van der Waals surface area contributed by atoms with E-state index in [9.17, 15) is 19.5 Å². The summed E-state index contributed by atoms with van der Waals surface area (Å²) in [4.78, 5) is 36.2. The van der Waals surface area contributed by atoms with Gasteiger partial charge in [-0.2, -0.15) is 0 Å². The molecule has 4 nitrogen and oxygen atoms in total. The van der Waals surface area contributed by atoms with Crippen LogP contribution in [0, 0.1) is 40.4 Å². The number of ketones is 2. The van der Waals surface area contributed by atoms with E-state index in [0.717, 1.165) is 32.1 Å². The fraction of sp³-hybridized carbons (Fsp3) is 0.773. The number of rotatable bonds is 2. The predicted molar refractivity (Wildman–Crippen MR) is 97.4 cm³/mol. The van der Waals surface area contributed by atoms with E-state index < -0.39 is 11.9 Å². The fourth-order valence-corrected chi connectivity index (χ4v) is 7.60. The number of carbonyl (C=O) groups excluding carboxylic acids is 2. The Morgan fingerprint density at radius 3 is 2.50 bits per heavy atom. The van der Waals surface area contributed by atoms with E-state index in [1.54, 1.807) is 6.92 Å². The van der Waals surface area contributed by atoms with Gasteiger partial charge in [-0.05, 0) is 80.1 Å². The van der Waals surface area contributed by atoms with Crippen molar-refractivity contribution in [1.82, 2.24) is 0 Å². The Kier molecular flexibility index (Phi) is 3.98. The normalized spacial score (nSPS) is 47.4. The monoisotopic (exact) mass is 358 g/mol. The molecule has 0 amide bonds. The van der Waals surface area contributed by atoms with Crippen molar-refractivity contribution in [3.05, 3.63) is 11.6 Å². The second-order valence-corrected chi connectivity index (χ2v) is 9.78. The SMILES string of the molecule is CC(=O)[C@H]1C(C(=O)O)C[C@H]2[C@@H]3CCC4=CC(=O)CC[C@]4(C)[C@H]3CC[C@]12C. The summed E-state index contributed by atoms with van der Waals surface area (Å²) >= 11 is 0. The Balaban J connectivity index is 1.71. The van der Waals surface area contributed by atoms with Gasteiger partial charge in [0.05, 0.1) is 5.92 Å². The van der Waals surface area contributed by atoms with Crippen molar-refractivity contribution >= 4 is 17.5 Å². The Morgan fingerprint density at radius 1 is 1.12 bits per heavy atom. The minimum Gasteiger partial charge on any atom is -0.481 e. The standard InChI is InChI=1S/C22H30O4/c1-12(23)19-16(20(25)26)11-18-15-5-4-13-10-14(24)6-8-21(13,2)17(15)7-9-22(18,19)3/h10,15-19H,4-9,11H2,1-3H3,(H,25,26)/t15-,16?,17+,18+,19+,21+,22+/m1/s1. The zero-order valence-electron chi connectivity index (χ0n) is 16.1. The highest BCUT2D eigenvalue weighted by atomic mass is 16.4. The molecule has 4 rings (SSSR count). The molecule has 0 bridgehead atoms. The number of fused-ring (bicyclic) bond motifs is 5. The fourth-order valence-electron chi connectivity index (χ4n) is 7.60. The van der Waals surface area contributed by atoms with Crippen LogP contribution in [0.5, 0.6) is 0 Å². The maximum Gasteiger partial charge on any atom is 0.307 e. The Hall–Kier alpha value is -1.45. The molecule has 0 aromatic carbocycles. The summed E-state index contributed by atoms with van der Waals surface area (Å²) in [6.07, 6.45) is 8.10. The van der Waals surface area contributed by atoms with Gasteiger partial charge in [-0.3, -0.25) is 14.4 Å². The molecule has 3 fully saturated rings. The Labute approximate surface area is 155 Å². The van der Waals surface area contributed by atoms with Gasteiger partial charge in [0.1, 0.15) is 5.78 Å². The number of aliphatic carboxylic acids is 1. The minimum atomic E-state index is -0.803. The molecule has 1 N–H and O–H groups in total. The summed E-state index contributed by atoms with van der Waals surface area (Å²) in [7, 11) is 0. The first-order valence-electron chi connectivity index (χ1n) is 10.2. The molecule has 4 aliphatic rings. The molecule has 26 heavy (non-hydrogen) atoms. The lowest BCUT2D eigenvalue weighted by atomic mass is 9.46. The van der Waals surface area contributed by atoms with Crippen molar-refractivity contribution in [2.75, 3.05) is 0 Å². The minimum absolute atomic E-state index is 0.0479. The van der Waals surface area contributed by atoms with Crippen LogP contribution < -0.4 is 0 Å². The lowest BCUT2D eigenvalue weighted by Crippen LogP contribution is -2.51. The molecule has 0 saturated heterocycles. The van der Waals surface area contributed by atoms with E-state index >= 15 is 0 Å².